The first-order chi connectivity index (χ1) is 7.28. The molecule has 1 N–H and O–H groups in total. The van der Waals surface area contributed by atoms with Crippen LogP contribution in [-0.2, 0) is 13.1 Å². The monoisotopic (exact) mass is 222 g/mol. The fourth-order valence-corrected chi connectivity index (χ4v) is 2.04. The lowest BCUT2D eigenvalue weighted by Gasteiger charge is -1.97. The molecule has 0 saturated heterocycles. The van der Waals surface area contributed by atoms with Gasteiger partial charge in [-0.2, -0.15) is 0 Å². The van der Waals surface area contributed by atoms with Crippen LogP contribution in [0.3, 0.4) is 0 Å². The van der Waals surface area contributed by atoms with Crippen molar-refractivity contribution in [2.75, 3.05) is 7.05 Å². The second kappa shape index (κ2) is 4.55. The summed E-state index contributed by atoms with van der Waals surface area (Å²) in [6.07, 6.45) is 3.90. The maximum absolute atomic E-state index is 4.42. The number of nitrogens with one attached hydrogen (secondary N) is 1. The first kappa shape index (κ1) is 10.3. The summed E-state index contributed by atoms with van der Waals surface area (Å²) >= 11 is 1.68. The van der Waals surface area contributed by atoms with Crippen molar-refractivity contribution in [3.05, 3.63) is 34.3 Å². The number of hydrogen-bond donors (Lipinski definition) is 1. The van der Waals surface area contributed by atoms with Gasteiger partial charge in [0.2, 0.25) is 0 Å². The zero-order valence-electron chi connectivity index (χ0n) is 8.90. The quantitative estimate of drug-likeness (QED) is 0.850. The largest absolute Gasteiger partial charge is 0.331 e. The van der Waals surface area contributed by atoms with Crippen molar-refractivity contribution >= 4 is 11.3 Å². The van der Waals surface area contributed by atoms with E-state index in [1.807, 2.05) is 26.5 Å². The van der Waals surface area contributed by atoms with Crippen molar-refractivity contribution in [1.82, 2.24) is 19.9 Å². The number of imidazole rings is 1. The van der Waals surface area contributed by atoms with Crippen LogP contribution >= 0.6 is 11.3 Å². The van der Waals surface area contributed by atoms with Crippen molar-refractivity contribution in [2.45, 2.75) is 20.0 Å². The standard InChI is InChI=1S/C10H14N4S/c1-8-13-10(6-15-8)5-14-4-9(3-11-2)12-7-14/h4,6-7,11H,3,5H2,1-2H3. The topological polar surface area (TPSA) is 42.7 Å². The lowest BCUT2D eigenvalue weighted by Crippen LogP contribution is -2.05. The highest BCUT2D eigenvalue weighted by Gasteiger charge is 2.01. The summed E-state index contributed by atoms with van der Waals surface area (Å²) in [6.45, 7) is 3.64. The molecule has 0 atom stereocenters. The van der Waals surface area contributed by atoms with E-state index in [1.165, 1.54) is 0 Å². The van der Waals surface area contributed by atoms with Gasteiger partial charge in [-0.15, -0.1) is 11.3 Å². The fourth-order valence-electron chi connectivity index (χ4n) is 1.43. The molecule has 0 aliphatic heterocycles. The van der Waals surface area contributed by atoms with Crippen LogP contribution < -0.4 is 5.32 Å². The van der Waals surface area contributed by atoms with Gasteiger partial charge in [-0.05, 0) is 14.0 Å². The minimum Gasteiger partial charge on any atom is -0.331 e. The number of nitrogens with zero attached hydrogens (tertiary/aromatic N) is 3. The van der Waals surface area contributed by atoms with Crippen LogP contribution in [0.15, 0.2) is 17.9 Å². The molecule has 0 fully saturated rings. The van der Waals surface area contributed by atoms with Crippen LogP contribution in [-0.4, -0.2) is 21.6 Å². The van der Waals surface area contributed by atoms with Gasteiger partial charge in [0, 0.05) is 18.1 Å². The van der Waals surface area contributed by atoms with Gasteiger partial charge >= 0.3 is 0 Å². The number of rotatable bonds is 4. The Kier molecular flexibility index (Phi) is 3.13. The summed E-state index contributed by atoms with van der Waals surface area (Å²) in [7, 11) is 1.92. The van der Waals surface area contributed by atoms with E-state index in [0.717, 1.165) is 29.5 Å². The molecule has 0 aliphatic rings. The molecule has 0 spiro atoms. The Morgan fingerprint density at radius 3 is 3.00 bits per heavy atom. The van der Waals surface area contributed by atoms with Gasteiger partial charge < -0.3 is 9.88 Å². The summed E-state index contributed by atoms with van der Waals surface area (Å²) < 4.78 is 2.06. The minimum atomic E-state index is 0.807. The van der Waals surface area contributed by atoms with Crippen LogP contribution in [0, 0.1) is 6.92 Å². The molecule has 80 valence electrons. The molecule has 15 heavy (non-hydrogen) atoms. The maximum Gasteiger partial charge on any atom is 0.0953 e. The summed E-state index contributed by atoms with van der Waals surface area (Å²) in [4.78, 5) is 8.70. The van der Waals surface area contributed by atoms with E-state index in [0.29, 0.717) is 0 Å². The van der Waals surface area contributed by atoms with Crippen LogP contribution in [0.5, 0.6) is 0 Å². The van der Waals surface area contributed by atoms with Crippen molar-refractivity contribution in [1.29, 1.82) is 0 Å². The molecule has 2 aromatic heterocycles. The zero-order chi connectivity index (χ0) is 10.7. The number of thiazole rings is 1. The molecular formula is C10H14N4S. The molecule has 0 aliphatic carbocycles. The summed E-state index contributed by atoms with van der Waals surface area (Å²) in [5.41, 5.74) is 2.16. The maximum atomic E-state index is 4.42. The second-order valence-corrected chi connectivity index (χ2v) is 4.49. The van der Waals surface area contributed by atoms with Gasteiger partial charge in [0.05, 0.1) is 29.3 Å². The Hall–Kier alpha value is -1.20. The molecule has 5 heteroatoms. The normalized spacial score (nSPS) is 10.8. The molecule has 2 heterocycles. The molecule has 0 radical (unpaired) electrons. The molecule has 0 bridgehead atoms. The lowest BCUT2D eigenvalue weighted by molar-refractivity contribution is 0.769. The van der Waals surface area contributed by atoms with Gasteiger partial charge in [0.15, 0.2) is 0 Å². The van der Waals surface area contributed by atoms with E-state index in [1.54, 1.807) is 11.3 Å². The van der Waals surface area contributed by atoms with E-state index < -0.39 is 0 Å². The molecule has 2 rings (SSSR count). The highest BCUT2D eigenvalue weighted by atomic mass is 32.1. The Balaban J connectivity index is 2.04. The van der Waals surface area contributed by atoms with Crippen molar-refractivity contribution in [3.63, 3.8) is 0 Å². The molecule has 0 aromatic carbocycles. The Morgan fingerprint density at radius 2 is 2.33 bits per heavy atom. The van der Waals surface area contributed by atoms with E-state index in [-0.39, 0.29) is 0 Å². The van der Waals surface area contributed by atoms with E-state index in [2.05, 4.69) is 25.2 Å². The van der Waals surface area contributed by atoms with Crippen LogP contribution in [0.1, 0.15) is 16.4 Å². The van der Waals surface area contributed by atoms with Crippen LogP contribution in [0.25, 0.3) is 0 Å². The second-order valence-electron chi connectivity index (χ2n) is 3.43. The van der Waals surface area contributed by atoms with Gasteiger partial charge in [-0.25, -0.2) is 9.97 Å². The Bertz CT molecular complexity index is 432. The third-order valence-electron chi connectivity index (χ3n) is 2.06. The highest BCUT2D eigenvalue weighted by Crippen LogP contribution is 2.09. The summed E-state index contributed by atoms with van der Waals surface area (Å²) in [6, 6.07) is 0. The molecule has 0 amide bonds. The third-order valence-corrected chi connectivity index (χ3v) is 2.88. The molecule has 4 nitrogen and oxygen atoms in total. The molecule has 2 aromatic rings. The summed E-state index contributed by atoms with van der Waals surface area (Å²) in [5.74, 6) is 0. The Labute approximate surface area is 93.0 Å². The minimum absolute atomic E-state index is 0.807. The number of aryl methyl sites for hydroxylation is 1. The third kappa shape index (κ3) is 2.64. The SMILES string of the molecule is CNCc1cn(Cc2csc(C)n2)cn1. The van der Waals surface area contributed by atoms with Gasteiger partial charge in [-0.3, -0.25) is 0 Å². The lowest BCUT2D eigenvalue weighted by atomic mass is 10.4. The predicted octanol–water partition coefficient (Wildman–Crippen LogP) is 1.42. The number of hydrogen-bond acceptors (Lipinski definition) is 4. The van der Waals surface area contributed by atoms with Crippen LogP contribution in [0.4, 0.5) is 0 Å². The van der Waals surface area contributed by atoms with Crippen molar-refractivity contribution < 1.29 is 0 Å². The Morgan fingerprint density at radius 1 is 1.47 bits per heavy atom. The number of aromatic nitrogens is 3. The fraction of sp³-hybridized carbons (Fsp3) is 0.400. The van der Waals surface area contributed by atoms with Gasteiger partial charge in [0.25, 0.3) is 0 Å². The summed E-state index contributed by atoms with van der Waals surface area (Å²) in [5, 5.41) is 6.28. The first-order valence-electron chi connectivity index (χ1n) is 4.84. The zero-order valence-corrected chi connectivity index (χ0v) is 9.71. The average molecular weight is 222 g/mol. The smallest absolute Gasteiger partial charge is 0.0953 e. The molecular weight excluding hydrogens is 208 g/mol. The van der Waals surface area contributed by atoms with Gasteiger partial charge in [0.1, 0.15) is 0 Å². The predicted molar refractivity (Wildman–Crippen MR) is 60.9 cm³/mol. The average Bonchev–Trinajstić information content (AvgIpc) is 2.78. The van der Waals surface area contributed by atoms with Crippen LogP contribution in [0.2, 0.25) is 0 Å². The van der Waals surface area contributed by atoms with E-state index in [4.69, 9.17) is 0 Å². The van der Waals surface area contributed by atoms with Gasteiger partial charge in [-0.1, -0.05) is 0 Å². The van der Waals surface area contributed by atoms with E-state index >= 15 is 0 Å². The van der Waals surface area contributed by atoms with E-state index in [9.17, 15) is 0 Å². The van der Waals surface area contributed by atoms with Crippen molar-refractivity contribution in [2.24, 2.45) is 0 Å². The first-order valence-corrected chi connectivity index (χ1v) is 5.72. The van der Waals surface area contributed by atoms with Crippen molar-refractivity contribution in [3.8, 4) is 0 Å². The molecule has 0 unspecified atom stereocenters. The highest BCUT2D eigenvalue weighted by molar-refractivity contribution is 7.09. The molecule has 0 saturated carbocycles.